The molecule has 1 aromatic carbocycles. The van der Waals surface area contributed by atoms with Crippen molar-refractivity contribution in [3.05, 3.63) is 34.4 Å². The summed E-state index contributed by atoms with van der Waals surface area (Å²) in [4.78, 5) is 9.84. The zero-order chi connectivity index (χ0) is 14.3. The lowest BCUT2D eigenvalue weighted by atomic mass is 10.2. The van der Waals surface area contributed by atoms with Crippen LogP contribution in [-0.2, 0) is 10.0 Å². The van der Waals surface area contributed by atoms with Gasteiger partial charge in [-0.3, -0.25) is 10.1 Å². The molecule has 0 unspecified atom stereocenters. The first kappa shape index (κ1) is 15.1. The van der Waals surface area contributed by atoms with Gasteiger partial charge in [-0.05, 0) is 25.0 Å². The average Bonchev–Trinajstić information content (AvgIpc) is 2.38. The number of hydrogen-bond acceptors (Lipinski definition) is 5. The van der Waals surface area contributed by atoms with E-state index in [1.165, 1.54) is 12.1 Å². The summed E-state index contributed by atoms with van der Waals surface area (Å²) in [6.07, 6.45) is 1.58. The van der Waals surface area contributed by atoms with E-state index in [-0.39, 0.29) is 17.1 Å². The second-order valence-electron chi connectivity index (χ2n) is 3.76. The molecular formula is C11H13N3O4S. The van der Waals surface area contributed by atoms with Crippen molar-refractivity contribution in [3.63, 3.8) is 0 Å². The van der Waals surface area contributed by atoms with E-state index in [4.69, 9.17) is 5.26 Å². The van der Waals surface area contributed by atoms with E-state index >= 15 is 0 Å². The molecule has 7 nitrogen and oxygen atoms in total. The molecule has 0 spiro atoms. The number of non-ortho nitro benzene ring substituents is 1. The zero-order valence-corrected chi connectivity index (χ0v) is 10.9. The molecule has 0 aliphatic heterocycles. The predicted molar refractivity (Wildman–Crippen MR) is 67.7 cm³/mol. The van der Waals surface area contributed by atoms with Crippen LogP contribution >= 0.6 is 0 Å². The average molecular weight is 283 g/mol. The number of nitro groups is 1. The molecule has 1 aromatic rings. The fourth-order valence-electron chi connectivity index (χ4n) is 1.37. The number of unbranched alkanes of at least 4 members (excludes halogenated alkanes) is 2. The van der Waals surface area contributed by atoms with E-state index in [1.54, 1.807) is 0 Å². The van der Waals surface area contributed by atoms with Gasteiger partial charge in [0.05, 0.1) is 15.9 Å². The van der Waals surface area contributed by atoms with Crippen LogP contribution in [0.5, 0.6) is 0 Å². The summed E-state index contributed by atoms with van der Waals surface area (Å²) < 4.78 is 26.0. The Hall–Kier alpha value is -1.98. The molecule has 8 heteroatoms. The molecule has 0 atom stereocenters. The van der Waals surface area contributed by atoms with E-state index in [0.717, 1.165) is 12.1 Å². The Kier molecular flexibility index (Phi) is 5.41. The Labute approximate surface area is 111 Å². The monoisotopic (exact) mass is 283 g/mol. The normalized spacial score (nSPS) is 10.9. The van der Waals surface area contributed by atoms with Gasteiger partial charge >= 0.3 is 0 Å². The Morgan fingerprint density at radius 3 is 2.42 bits per heavy atom. The molecule has 0 aromatic heterocycles. The maximum Gasteiger partial charge on any atom is 0.269 e. The Morgan fingerprint density at radius 1 is 1.26 bits per heavy atom. The summed E-state index contributed by atoms with van der Waals surface area (Å²) in [5, 5.41) is 18.8. The lowest BCUT2D eigenvalue weighted by Crippen LogP contribution is -2.24. The Bertz CT molecular complexity index is 575. The van der Waals surface area contributed by atoms with Crippen molar-refractivity contribution in [2.45, 2.75) is 24.2 Å². The molecule has 19 heavy (non-hydrogen) atoms. The van der Waals surface area contributed by atoms with Crippen LogP contribution in [0.15, 0.2) is 29.2 Å². The highest BCUT2D eigenvalue weighted by molar-refractivity contribution is 7.89. The maximum absolute atomic E-state index is 11.8. The quantitative estimate of drug-likeness (QED) is 0.463. The molecular weight excluding hydrogens is 270 g/mol. The van der Waals surface area contributed by atoms with E-state index in [1.807, 2.05) is 6.07 Å². The van der Waals surface area contributed by atoms with Gasteiger partial charge in [0.15, 0.2) is 0 Å². The van der Waals surface area contributed by atoms with Gasteiger partial charge in [0.25, 0.3) is 5.69 Å². The number of nitrogens with zero attached hydrogens (tertiary/aromatic N) is 2. The van der Waals surface area contributed by atoms with Gasteiger partial charge in [-0.15, -0.1) is 0 Å². The maximum atomic E-state index is 11.8. The van der Waals surface area contributed by atoms with E-state index in [9.17, 15) is 18.5 Å². The Morgan fingerprint density at radius 2 is 1.89 bits per heavy atom. The first-order chi connectivity index (χ1) is 8.97. The summed E-state index contributed by atoms with van der Waals surface area (Å²) in [6.45, 7) is 0.237. The molecule has 1 N–H and O–H groups in total. The molecule has 0 aliphatic carbocycles. The molecule has 0 amide bonds. The largest absolute Gasteiger partial charge is 0.269 e. The highest BCUT2D eigenvalue weighted by Crippen LogP contribution is 2.15. The number of benzene rings is 1. The number of hydrogen-bond donors (Lipinski definition) is 1. The highest BCUT2D eigenvalue weighted by atomic mass is 32.2. The molecule has 0 heterocycles. The minimum atomic E-state index is -3.65. The third-order valence-electron chi connectivity index (χ3n) is 2.37. The minimum Gasteiger partial charge on any atom is -0.258 e. The highest BCUT2D eigenvalue weighted by Gasteiger charge is 2.14. The summed E-state index contributed by atoms with van der Waals surface area (Å²) in [5.74, 6) is 0. The Balaban J connectivity index is 2.62. The van der Waals surface area contributed by atoms with Crippen molar-refractivity contribution in [3.8, 4) is 6.07 Å². The molecule has 0 radical (unpaired) electrons. The standard InChI is InChI=1S/C11H13N3O4S/c12-8-2-1-3-9-13-19(17,18)11-6-4-10(5-7-11)14(15)16/h4-7,13H,1-3,9H2. The summed E-state index contributed by atoms with van der Waals surface area (Å²) in [6, 6.07) is 6.64. The van der Waals surface area contributed by atoms with Crippen molar-refractivity contribution < 1.29 is 13.3 Å². The zero-order valence-electron chi connectivity index (χ0n) is 10.1. The molecule has 0 bridgehead atoms. The second kappa shape index (κ2) is 6.82. The third kappa shape index (κ3) is 4.65. The van der Waals surface area contributed by atoms with Crippen molar-refractivity contribution in [1.82, 2.24) is 4.72 Å². The number of rotatable bonds is 7. The third-order valence-corrected chi connectivity index (χ3v) is 3.84. The molecule has 0 fully saturated rings. The van der Waals surface area contributed by atoms with Gasteiger partial charge in [-0.1, -0.05) is 0 Å². The van der Waals surface area contributed by atoms with Crippen LogP contribution in [0.1, 0.15) is 19.3 Å². The SMILES string of the molecule is N#CCCCCNS(=O)(=O)c1ccc([N+](=O)[O-])cc1. The van der Waals surface area contributed by atoms with Crippen LogP contribution in [-0.4, -0.2) is 19.9 Å². The summed E-state index contributed by atoms with van der Waals surface area (Å²) in [7, 11) is -3.65. The first-order valence-corrected chi connectivity index (χ1v) is 7.07. The van der Waals surface area contributed by atoms with Crippen LogP contribution in [0.4, 0.5) is 5.69 Å². The molecule has 1 rings (SSSR count). The molecule has 102 valence electrons. The van der Waals surface area contributed by atoms with Crippen LogP contribution in [0.3, 0.4) is 0 Å². The predicted octanol–water partition coefficient (Wildman–Crippen LogP) is 1.57. The number of nitrogens with one attached hydrogen (secondary N) is 1. The fourth-order valence-corrected chi connectivity index (χ4v) is 2.44. The van der Waals surface area contributed by atoms with E-state index in [2.05, 4.69) is 4.72 Å². The first-order valence-electron chi connectivity index (χ1n) is 5.58. The summed E-state index contributed by atoms with van der Waals surface area (Å²) in [5.41, 5.74) is -0.159. The van der Waals surface area contributed by atoms with Crippen LogP contribution in [0, 0.1) is 21.4 Å². The lowest BCUT2D eigenvalue weighted by molar-refractivity contribution is -0.384. The van der Waals surface area contributed by atoms with E-state index in [0.29, 0.717) is 19.3 Å². The number of sulfonamides is 1. The molecule has 0 saturated heterocycles. The van der Waals surface area contributed by atoms with Crippen molar-refractivity contribution in [2.24, 2.45) is 0 Å². The fraction of sp³-hybridized carbons (Fsp3) is 0.364. The minimum absolute atomic E-state index is 0.0154. The smallest absolute Gasteiger partial charge is 0.258 e. The topological polar surface area (TPSA) is 113 Å². The van der Waals surface area contributed by atoms with Gasteiger partial charge in [-0.25, -0.2) is 13.1 Å². The molecule has 0 aliphatic rings. The van der Waals surface area contributed by atoms with Crippen molar-refractivity contribution in [1.29, 1.82) is 5.26 Å². The van der Waals surface area contributed by atoms with Crippen LogP contribution < -0.4 is 4.72 Å². The van der Waals surface area contributed by atoms with Gasteiger partial charge in [0.2, 0.25) is 10.0 Å². The van der Waals surface area contributed by atoms with Gasteiger partial charge in [0, 0.05) is 25.1 Å². The summed E-state index contributed by atoms with van der Waals surface area (Å²) >= 11 is 0. The van der Waals surface area contributed by atoms with Crippen LogP contribution in [0.2, 0.25) is 0 Å². The second-order valence-corrected chi connectivity index (χ2v) is 5.53. The lowest BCUT2D eigenvalue weighted by Gasteiger charge is -2.05. The van der Waals surface area contributed by atoms with Gasteiger partial charge in [-0.2, -0.15) is 5.26 Å². The van der Waals surface area contributed by atoms with Crippen LogP contribution in [0.25, 0.3) is 0 Å². The van der Waals surface area contributed by atoms with Gasteiger partial charge < -0.3 is 0 Å². The number of nitriles is 1. The number of nitro benzene ring substituents is 1. The van der Waals surface area contributed by atoms with Crippen molar-refractivity contribution in [2.75, 3.05) is 6.54 Å². The van der Waals surface area contributed by atoms with E-state index < -0.39 is 14.9 Å². The van der Waals surface area contributed by atoms with Gasteiger partial charge in [0.1, 0.15) is 0 Å². The molecule has 0 saturated carbocycles. The van der Waals surface area contributed by atoms with Crippen molar-refractivity contribution >= 4 is 15.7 Å².